The Kier molecular flexibility index (Phi) is 4.72. The third-order valence-electron chi connectivity index (χ3n) is 4.07. The molecule has 0 radical (unpaired) electrons. The zero-order valence-corrected chi connectivity index (χ0v) is 14.9. The molecule has 0 atom stereocenters. The first-order valence-corrected chi connectivity index (χ1v) is 8.15. The van der Waals surface area contributed by atoms with E-state index in [1.807, 2.05) is 61.6 Å². The third-order valence-corrected chi connectivity index (χ3v) is 4.07. The van der Waals surface area contributed by atoms with Gasteiger partial charge in [-0.3, -0.25) is 4.79 Å². The fourth-order valence-corrected chi connectivity index (χ4v) is 2.74. The number of amides is 1. The van der Waals surface area contributed by atoms with E-state index < -0.39 is 0 Å². The van der Waals surface area contributed by atoms with Crippen LogP contribution < -0.4 is 10.3 Å². The molecule has 0 saturated heterocycles. The van der Waals surface area contributed by atoms with Gasteiger partial charge in [0.25, 0.3) is 5.91 Å². The molecule has 1 aliphatic rings. The second kappa shape index (κ2) is 7.11. The van der Waals surface area contributed by atoms with E-state index >= 15 is 0 Å². The molecule has 6 nitrogen and oxygen atoms in total. The summed E-state index contributed by atoms with van der Waals surface area (Å²) in [6, 6.07) is 18.8. The topological polar surface area (TPSA) is 71.7 Å². The molecule has 0 bridgehead atoms. The van der Waals surface area contributed by atoms with Crippen LogP contribution in [0.15, 0.2) is 65.3 Å². The molecule has 1 N–H and O–H groups in total. The van der Waals surface area contributed by atoms with Gasteiger partial charge in [0, 0.05) is 26.8 Å². The summed E-state index contributed by atoms with van der Waals surface area (Å²) >= 11 is 0. The van der Waals surface area contributed by atoms with Gasteiger partial charge in [-0.25, -0.2) is 0 Å². The molecule has 2 aromatic carbocycles. The first-order valence-electron chi connectivity index (χ1n) is 8.15. The predicted octanol–water partition coefficient (Wildman–Crippen LogP) is 2.93. The quantitative estimate of drug-likeness (QED) is 0.686. The minimum atomic E-state index is -0.311. The summed E-state index contributed by atoms with van der Waals surface area (Å²) < 4.78 is 0. The molecule has 2 aromatic rings. The van der Waals surface area contributed by atoms with Crippen LogP contribution in [0.4, 0.5) is 11.4 Å². The number of hydrazone groups is 1. The van der Waals surface area contributed by atoms with Gasteiger partial charge in [-0.15, -0.1) is 5.10 Å². The Morgan fingerprint density at radius 2 is 1.77 bits per heavy atom. The molecule has 26 heavy (non-hydrogen) atoms. The van der Waals surface area contributed by atoms with Crippen molar-refractivity contribution in [2.24, 2.45) is 5.10 Å². The van der Waals surface area contributed by atoms with Crippen LogP contribution in [0.3, 0.4) is 0 Å². The lowest BCUT2D eigenvalue weighted by molar-refractivity contribution is -0.114. The molecule has 0 aromatic heterocycles. The molecule has 6 heteroatoms. The number of likely N-dealkylation sites (N-methyl/N-ethyl adjacent to an activating group) is 1. The van der Waals surface area contributed by atoms with Crippen molar-refractivity contribution in [2.75, 3.05) is 31.5 Å². The number of nitrogens with one attached hydrogen (secondary N) is 1. The van der Waals surface area contributed by atoms with Gasteiger partial charge in [-0.05, 0) is 29.8 Å². The fourth-order valence-electron chi connectivity index (χ4n) is 2.74. The average Bonchev–Trinajstić information content (AvgIpc) is 3.01. The van der Waals surface area contributed by atoms with Crippen molar-refractivity contribution in [1.29, 1.82) is 5.26 Å². The maximum atomic E-state index is 13.1. The lowest BCUT2D eigenvalue weighted by atomic mass is 9.99. The molecule has 1 amide bonds. The maximum absolute atomic E-state index is 13.1. The van der Waals surface area contributed by atoms with Crippen LogP contribution in [0.25, 0.3) is 5.57 Å². The highest BCUT2D eigenvalue weighted by Gasteiger charge is 2.35. The van der Waals surface area contributed by atoms with Crippen molar-refractivity contribution in [3.63, 3.8) is 0 Å². The Morgan fingerprint density at radius 1 is 1.12 bits per heavy atom. The lowest BCUT2D eigenvalue weighted by Crippen LogP contribution is -2.26. The molecule has 3 rings (SSSR count). The molecule has 0 saturated carbocycles. The third kappa shape index (κ3) is 3.03. The van der Waals surface area contributed by atoms with Crippen molar-refractivity contribution < 1.29 is 4.79 Å². The van der Waals surface area contributed by atoms with Crippen LogP contribution >= 0.6 is 0 Å². The van der Waals surface area contributed by atoms with Crippen molar-refractivity contribution in [3.8, 4) is 6.07 Å². The largest absolute Gasteiger partial charge is 0.388 e. The summed E-state index contributed by atoms with van der Waals surface area (Å²) in [5.74, 6) is 0.155. The number of carbonyl (C=O) groups excluding carboxylic acids is 1. The smallest absolute Gasteiger partial charge is 0.283 e. The predicted molar refractivity (Wildman–Crippen MR) is 104 cm³/mol. The molecule has 0 unspecified atom stereocenters. The highest BCUT2D eigenvalue weighted by Crippen LogP contribution is 2.30. The Bertz CT molecular complexity index is 921. The van der Waals surface area contributed by atoms with Crippen LogP contribution in [0.5, 0.6) is 0 Å². The number of para-hydroxylation sites is 1. The number of carbonyl (C=O) groups is 1. The van der Waals surface area contributed by atoms with Gasteiger partial charge in [0.1, 0.15) is 11.6 Å². The minimum Gasteiger partial charge on any atom is -0.388 e. The van der Waals surface area contributed by atoms with E-state index in [9.17, 15) is 10.1 Å². The van der Waals surface area contributed by atoms with Crippen LogP contribution in [-0.4, -0.2) is 37.8 Å². The number of benzene rings is 2. The van der Waals surface area contributed by atoms with Crippen LogP contribution in [-0.2, 0) is 4.79 Å². The number of rotatable bonds is 3. The standard InChI is InChI=1S/C20H19N5O/c1-22-15-11-9-14(10-12-15)17(13-21)18-19(24(2)3)23-25(20(18)26)16-7-5-4-6-8-16/h4-12,22H,1-3H3. The minimum absolute atomic E-state index is 0.304. The Morgan fingerprint density at radius 3 is 2.31 bits per heavy atom. The molecule has 1 aliphatic heterocycles. The van der Waals surface area contributed by atoms with Gasteiger partial charge in [0.15, 0.2) is 5.84 Å². The summed E-state index contributed by atoms with van der Waals surface area (Å²) in [6.07, 6.45) is 0. The zero-order chi connectivity index (χ0) is 18.7. The van der Waals surface area contributed by atoms with Crippen molar-refractivity contribution in [1.82, 2.24) is 4.90 Å². The Hall–Kier alpha value is -3.59. The van der Waals surface area contributed by atoms with E-state index in [2.05, 4.69) is 16.5 Å². The van der Waals surface area contributed by atoms with E-state index in [0.717, 1.165) is 5.69 Å². The number of nitrogens with zero attached hydrogens (tertiary/aromatic N) is 4. The van der Waals surface area contributed by atoms with Gasteiger partial charge < -0.3 is 10.2 Å². The summed E-state index contributed by atoms with van der Waals surface area (Å²) in [7, 11) is 5.44. The second-order valence-electron chi connectivity index (χ2n) is 5.96. The molecule has 0 fully saturated rings. The Balaban J connectivity index is 2.13. The summed E-state index contributed by atoms with van der Waals surface area (Å²) in [5.41, 5.74) is 2.89. The van der Waals surface area contributed by atoms with Gasteiger partial charge in [0.05, 0.1) is 11.3 Å². The van der Waals surface area contributed by atoms with Crippen LogP contribution in [0, 0.1) is 11.3 Å². The summed E-state index contributed by atoms with van der Waals surface area (Å²) in [5, 5.41) is 18.6. The van der Waals surface area contributed by atoms with E-state index in [1.165, 1.54) is 5.01 Å². The fraction of sp³-hybridized carbons (Fsp3) is 0.150. The van der Waals surface area contributed by atoms with E-state index in [4.69, 9.17) is 0 Å². The van der Waals surface area contributed by atoms with Crippen LogP contribution in [0.1, 0.15) is 5.56 Å². The number of hydrogen-bond donors (Lipinski definition) is 1. The van der Waals surface area contributed by atoms with Crippen molar-refractivity contribution in [3.05, 3.63) is 65.7 Å². The molecule has 0 aliphatic carbocycles. The number of hydrogen-bond acceptors (Lipinski definition) is 5. The van der Waals surface area contributed by atoms with E-state index in [0.29, 0.717) is 28.2 Å². The maximum Gasteiger partial charge on any atom is 0.283 e. The van der Waals surface area contributed by atoms with Gasteiger partial charge in [-0.2, -0.15) is 10.3 Å². The van der Waals surface area contributed by atoms with E-state index in [-0.39, 0.29) is 5.91 Å². The number of amidine groups is 1. The first kappa shape index (κ1) is 17.2. The van der Waals surface area contributed by atoms with Gasteiger partial charge >= 0.3 is 0 Å². The molecular weight excluding hydrogens is 326 g/mol. The molecule has 1 heterocycles. The average molecular weight is 345 g/mol. The summed E-state index contributed by atoms with van der Waals surface area (Å²) in [6.45, 7) is 0. The zero-order valence-electron chi connectivity index (χ0n) is 14.9. The Labute approximate surface area is 152 Å². The lowest BCUT2D eigenvalue weighted by Gasteiger charge is -2.13. The van der Waals surface area contributed by atoms with E-state index in [1.54, 1.807) is 19.0 Å². The first-order chi connectivity index (χ1) is 12.6. The SMILES string of the molecule is CNc1ccc(C(C#N)=C2C(=O)N(c3ccccc3)N=C2N(C)C)cc1. The van der Waals surface area contributed by atoms with Crippen LogP contribution in [0.2, 0.25) is 0 Å². The van der Waals surface area contributed by atoms with Crippen molar-refractivity contribution in [2.45, 2.75) is 0 Å². The monoisotopic (exact) mass is 345 g/mol. The number of allylic oxidation sites excluding steroid dienone is 1. The highest BCUT2D eigenvalue weighted by molar-refractivity contribution is 6.34. The van der Waals surface area contributed by atoms with Gasteiger partial charge in [-0.1, -0.05) is 30.3 Å². The molecular formula is C20H19N5O. The summed E-state index contributed by atoms with van der Waals surface area (Å²) in [4.78, 5) is 14.8. The number of anilines is 2. The molecule has 130 valence electrons. The van der Waals surface area contributed by atoms with Gasteiger partial charge in [0.2, 0.25) is 0 Å². The van der Waals surface area contributed by atoms with Crippen molar-refractivity contribution >= 4 is 28.7 Å². The molecule has 0 spiro atoms. The second-order valence-corrected chi connectivity index (χ2v) is 5.96. The number of nitriles is 1. The normalized spacial score (nSPS) is 15.4. The highest BCUT2D eigenvalue weighted by atomic mass is 16.2.